The second kappa shape index (κ2) is 12.2. The van der Waals surface area contributed by atoms with Gasteiger partial charge in [0.15, 0.2) is 0 Å². The highest BCUT2D eigenvalue weighted by molar-refractivity contribution is 7.98. The lowest BCUT2D eigenvalue weighted by Crippen LogP contribution is -2.52. The van der Waals surface area contributed by atoms with Crippen molar-refractivity contribution in [1.29, 1.82) is 0 Å². The van der Waals surface area contributed by atoms with Gasteiger partial charge in [-0.2, -0.15) is 11.8 Å². The SMILES string of the molecule is C=C/C(C(=NCc1ccccc1O)N1CCN(C(=O)C(=O)CCCSC)CC1)=C(\C)N. The molecule has 7 nitrogen and oxygen atoms in total. The molecule has 0 atom stereocenters. The number of thioether (sulfide) groups is 1. The molecule has 1 saturated heterocycles. The molecule has 0 bridgehead atoms. The van der Waals surface area contributed by atoms with Crippen molar-refractivity contribution in [1.82, 2.24) is 9.80 Å². The maximum Gasteiger partial charge on any atom is 0.290 e. The summed E-state index contributed by atoms with van der Waals surface area (Å²) in [6.45, 7) is 7.90. The van der Waals surface area contributed by atoms with Crippen LogP contribution < -0.4 is 5.73 Å². The van der Waals surface area contributed by atoms with Crippen LogP contribution in [-0.4, -0.2) is 70.6 Å². The molecule has 1 aromatic carbocycles. The third-order valence-corrected chi connectivity index (χ3v) is 5.81. The van der Waals surface area contributed by atoms with Crippen molar-refractivity contribution in [3.63, 3.8) is 0 Å². The van der Waals surface area contributed by atoms with Crippen molar-refractivity contribution >= 4 is 29.3 Å². The highest BCUT2D eigenvalue weighted by atomic mass is 32.2. The molecule has 168 valence electrons. The van der Waals surface area contributed by atoms with Gasteiger partial charge in [-0.05, 0) is 31.4 Å². The fourth-order valence-electron chi connectivity index (χ4n) is 3.37. The maximum atomic E-state index is 12.5. The van der Waals surface area contributed by atoms with E-state index in [0.29, 0.717) is 56.2 Å². The summed E-state index contributed by atoms with van der Waals surface area (Å²) in [6.07, 6.45) is 4.67. The lowest BCUT2D eigenvalue weighted by atomic mass is 10.1. The van der Waals surface area contributed by atoms with Crippen LogP contribution in [0.3, 0.4) is 0 Å². The second-order valence-electron chi connectivity index (χ2n) is 7.37. The molecule has 1 fully saturated rings. The summed E-state index contributed by atoms with van der Waals surface area (Å²) in [7, 11) is 0. The van der Waals surface area contributed by atoms with E-state index in [2.05, 4.69) is 11.5 Å². The van der Waals surface area contributed by atoms with Crippen molar-refractivity contribution < 1.29 is 14.7 Å². The van der Waals surface area contributed by atoms with Crippen LogP contribution in [0.2, 0.25) is 0 Å². The van der Waals surface area contributed by atoms with Crippen LogP contribution in [0, 0.1) is 0 Å². The Morgan fingerprint density at radius 1 is 1.23 bits per heavy atom. The molecule has 0 aliphatic carbocycles. The molecule has 31 heavy (non-hydrogen) atoms. The summed E-state index contributed by atoms with van der Waals surface area (Å²) >= 11 is 1.67. The van der Waals surface area contributed by atoms with Gasteiger partial charge in [-0.15, -0.1) is 0 Å². The zero-order valence-electron chi connectivity index (χ0n) is 18.3. The monoisotopic (exact) mass is 444 g/mol. The van der Waals surface area contributed by atoms with Gasteiger partial charge in [0, 0.05) is 49.4 Å². The number of nitrogens with two attached hydrogens (primary N) is 1. The van der Waals surface area contributed by atoms with Gasteiger partial charge < -0.3 is 20.6 Å². The van der Waals surface area contributed by atoms with E-state index >= 15 is 0 Å². The van der Waals surface area contributed by atoms with Crippen molar-refractivity contribution in [2.75, 3.05) is 38.2 Å². The number of ketones is 1. The highest BCUT2D eigenvalue weighted by Gasteiger charge is 2.27. The molecule has 0 unspecified atom stereocenters. The summed E-state index contributed by atoms with van der Waals surface area (Å²) < 4.78 is 0. The quantitative estimate of drug-likeness (QED) is 0.200. The fourth-order valence-corrected chi connectivity index (χ4v) is 3.80. The van der Waals surface area contributed by atoms with Crippen molar-refractivity contribution in [2.45, 2.75) is 26.3 Å². The molecule has 0 saturated carbocycles. The molecule has 1 aliphatic rings. The predicted molar refractivity (Wildman–Crippen MR) is 127 cm³/mol. The van der Waals surface area contributed by atoms with Crippen LogP contribution in [0.1, 0.15) is 25.3 Å². The number of benzene rings is 1. The van der Waals surface area contributed by atoms with E-state index in [1.807, 2.05) is 18.4 Å². The molecule has 1 aliphatic heterocycles. The van der Waals surface area contributed by atoms with E-state index in [-0.39, 0.29) is 11.5 Å². The van der Waals surface area contributed by atoms with Gasteiger partial charge >= 0.3 is 0 Å². The average molecular weight is 445 g/mol. The van der Waals surface area contributed by atoms with Crippen molar-refractivity contribution in [2.24, 2.45) is 10.7 Å². The number of aliphatic imine (C=N–C) groups is 1. The van der Waals surface area contributed by atoms with Gasteiger partial charge in [0.05, 0.1) is 6.54 Å². The fraction of sp³-hybridized carbons (Fsp3) is 0.435. The Kier molecular flexibility index (Phi) is 9.65. The third kappa shape index (κ3) is 6.89. The van der Waals surface area contributed by atoms with Crippen LogP contribution in [0.25, 0.3) is 0 Å². The maximum absolute atomic E-state index is 12.5. The van der Waals surface area contributed by atoms with Gasteiger partial charge in [-0.25, -0.2) is 0 Å². The molecule has 3 N–H and O–H groups in total. The number of Topliss-reactive ketones (excluding diaryl/α,β-unsaturated/α-hetero) is 1. The second-order valence-corrected chi connectivity index (χ2v) is 8.35. The number of allylic oxidation sites excluding steroid dienone is 1. The van der Waals surface area contributed by atoms with Crippen LogP contribution >= 0.6 is 11.8 Å². The molecule has 1 aromatic rings. The summed E-state index contributed by atoms with van der Waals surface area (Å²) in [5, 5.41) is 10.0. The van der Waals surface area contributed by atoms with Gasteiger partial charge in [-0.1, -0.05) is 30.9 Å². The number of hydrogen-bond acceptors (Lipinski definition) is 6. The van der Waals surface area contributed by atoms with Crippen molar-refractivity contribution in [3.8, 4) is 5.75 Å². The van der Waals surface area contributed by atoms with E-state index in [4.69, 9.17) is 10.7 Å². The Bertz CT molecular complexity index is 854. The first-order valence-electron chi connectivity index (χ1n) is 10.4. The molecule has 0 spiro atoms. The van der Waals surface area contributed by atoms with E-state index in [0.717, 1.165) is 17.7 Å². The molecule has 0 radical (unpaired) electrons. The van der Waals surface area contributed by atoms with Gasteiger partial charge in [0.2, 0.25) is 5.78 Å². The lowest BCUT2D eigenvalue weighted by Gasteiger charge is -2.36. The number of phenolic OH excluding ortho intramolecular Hbond substituents is 1. The number of para-hydroxylation sites is 1. The van der Waals surface area contributed by atoms with Crippen molar-refractivity contribution in [3.05, 3.63) is 53.8 Å². The molecular weight excluding hydrogens is 412 g/mol. The largest absolute Gasteiger partial charge is 0.508 e. The average Bonchev–Trinajstić information content (AvgIpc) is 2.77. The summed E-state index contributed by atoms with van der Waals surface area (Å²) in [5.41, 5.74) is 8.09. The summed E-state index contributed by atoms with van der Waals surface area (Å²) in [6, 6.07) is 7.07. The Morgan fingerprint density at radius 2 is 1.87 bits per heavy atom. The first kappa shape index (κ1) is 24.5. The number of carbonyl (C=O) groups is 2. The number of hydrogen-bond donors (Lipinski definition) is 2. The summed E-state index contributed by atoms with van der Waals surface area (Å²) in [4.78, 5) is 33.0. The smallest absolute Gasteiger partial charge is 0.290 e. The number of amides is 1. The molecular formula is C23H32N4O3S. The zero-order chi connectivity index (χ0) is 22.8. The number of carbonyl (C=O) groups excluding carboxylic acids is 2. The number of amidine groups is 1. The number of rotatable bonds is 9. The van der Waals surface area contributed by atoms with Crippen LogP contribution in [0.15, 0.2) is 53.2 Å². The van der Waals surface area contributed by atoms with E-state index in [1.165, 1.54) is 0 Å². The topological polar surface area (TPSA) is 99.2 Å². The van der Waals surface area contributed by atoms with Gasteiger partial charge in [0.25, 0.3) is 5.91 Å². The molecule has 2 rings (SSSR count). The van der Waals surface area contributed by atoms with Crippen LogP contribution in [0.4, 0.5) is 0 Å². The predicted octanol–water partition coefficient (Wildman–Crippen LogP) is 2.57. The minimum atomic E-state index is -0.400. The normalized spacial score (nSPS) is 15.5. The Labute approximate surface area is 188 Å². The van der Waals surface area contributed by atoms with E-state index < -0.39 is 5.91 Å². The number of phenols is 1. The third-order valence-electron chi connectivity index (χ3n) is 5.12. The Morgan fingerprint density at radius 3 is 2.45 bits per heavy atom. The molecule has 1 heterocycles. The first-order chi connectivity index (χ1) is 14.9. The first-order valence-corrected chi connectivity index (χ1v) is 11.7. The zero-order valence-corrected chi connectivity index (χ0v) is 19.2. The minimum Gasteiger partial charge on any atom is -0.508 e. The molecule has 0 aromatic heterocycles. The standard InChI is InChI=1S/C23H32N4O3S/c1-4-19(17(2)24)22(25-16-18-8-5-6-9-20(18)28)26-11-13-27(14-12-26)23(30)21(29)10-7-15-31-3/h4-6,8-9,28H,1,7,10-16,24H2,2-3H3/b19-17-,25-22?. The minimum absolute atomic E-state index is 0.189. The van der Waals surface area contributed by atoms with Gasteiger partial charge in [0.1, 0.15) is 11.6 Å². The van der Waals surface area contributed by atoms with Gasteiger partial charge in [-0.3, -0.25) is 14.6 Å². The van der Waals surface area contributed by atoms with E-state index in [9.17, 15) is 14.7 Å². The highest BCUT2D eigenvalue weighted by Crippen LogP contribution is 2.19. The van der Waals surface area contributed by atoms with Crippen LogP contribution in [-0.2, 0) is 16.1 Å². The molecule has 8 heteroatoms. The number of piperazine rings is 1. The Balaban J connectivity index is 2.11. The molecule has 1 amide bonds. The van der Waals surface area contributed by atoms with Crippen LogP contribution in [0.5, 0.6) is 5.75 Å². The Hall–Kier alpha value is -2.74. The van der Waals surface area contributed by atoms with E-state index in [1.54, 1.807) is 41.8 Å². The number of nitrogens with zero attached hydrogens (tertiary/aromatic N) is 3. The number of aromatic hydroxyl groups is 1. The lowest BCUT2D eigenvalue weighted by molar-refractivity contribution is -0.145. The summed E-state index contributed by atoms with van der Waals surface area (Å²) in [5.74, 6) is 1.02.